The monoisotopic (exact) mass is 312 g/mol. The van der Waals surface area contributed by atoms with Crippen LogP contribution in [0.2, 0.25) is 10.0 Å². The number of phenolic OH excluding ortho intramolecular Hbond substituents is 1. The van der Waals surface area contributed by atoms with Crippen LogP contribution in [-0.4, -0.2) is 17.8 Å². The maximum Gasteiger partial charge on any atom is 0.127 e. The van der Waals surface area contributed by atoms with Crippen LogP contribution in [0.1, 0.15) is 5.56 Å². The average Bonchev–Trinajstić information content (AvgIpc) is 3.18. The highest BCUT2D eigenvalue weighted by Gasteiger charge is 2.26. The Labute approximate surface area is 125 Å². The molecule has 1 N–H and O–H groups in total. The van der Waals surface area contributed by atoms with Crippen molar-refractivity contribution in [3.05, 3.63) is 51.8 Å². The maximum absolute atomic E-state index is 13.8. The van der Waals surface area contributed by atoms with Gasteiger partial charge in [-0.25, -0.2) is 4.39 Å². The van der Waals surface area contributed by atoms with Crippen molar-refractivity contribution in [1.82, 2.24) is 0 Å². The zero-order valence-corrected chi connectivity index (χ0v) is 11.9. The van der Waals surface area contributed by atoms with Crippen LogP contribution >= 0.6 is 23.2 Å². The summed E-state index contributed by atoms with van der Waals surface area (Å²) < 4.78 is 18.9. The molecule has 1 atom stereocenters. The molecule has 0 aliphatic carbocycles. The van der Waals surface area contributed by atoms with Crippen molar-refractivity contribution in [3.63, 3.8) is 0 Å². The van der Waals surface area contributed by atoms with E-state index in [-0.39, 0.29) is 11.9 Å². The lowest BCUT2D eigenvalue weighted by Gasteiger charge is -2.12. The molecule has 3 rings (SSSR count). The standard InChI is InChI=1S/C15H11Cl2FO2/c16-12-2-1-3-13(17)14(12)11-6-9(18)4-8(15(11)19)5-10-7-20-10/h1-4,6,10,19H,5,7H2/t10-/m0/s1. The summed E-state index contributed by atoms with van der Waals surface area (Å²) >= 11 is 12.2. The van der Waals surface area contributed by atoms with E-state index in [1.165, 1.54) is 12.1 Å². The summed E-state index contributed by atoms with van der Waals surface area (Å²) in [6.07, 6.45) is 0.524. The van der Waals surface area contributed by atoms with E-state index in [0.29, 0.717) is 39.8 Å². The number of rotatable bonds is 3. The lowest BCUT2D eigenvalue weighted by atomic mass is 9.98. The van der Waals surface area contributed by atoms with Gasteiger partial charge in [0, 0.05) is 23.1 Å². The molecular weight excluding hydrogens is 302 g/mol. The van der Waals surface area contributed by atoms with Crippen molar-refractivity contribution in [3.8, 4) is 16.9 Å². The van der Waals surface area contributed by atoms with Crippen LogP contribution in [0.25, 0.3) is 11.1 Å². The highest BCUT2D eigenvalue weighted by molar-refractivity contribution is 6.39. The number of halogens is 3. The Balaban J connectivity index is 2.15. The zero-order chi connectivity index (χ0) is 14.3. The van der Waals surface area contributed by atoms with Crippen molar-refractivity contribution in [1.29, 1.82) is 0 Å². The van der Waals surface area contributed by atoms with E-state index in [9.17, 15) is 9.50 Å². The van der Waals surface area contributed by atoms with Crippen LogP contribution < -0.4 is 0 Å². The highest BCUT2D eigenvalue weighted by atomic mass is 35.5. The normalized spacial score (nSPS) is 17.2. The highest BCUT2D eigenvalue weighted by Crippen LogP contribution is 2.41. The second kappa shape index (κ2) is 5.24. The van der Waals surface area contributed by atoms with Gasteiger partial charge in [-0.1, -0.05) is 29.3 Å². The number of epoxide rings is 1. The molecule has 5 heteroatoms. The van der Waals surface area contributed by atoms with Gasteiger partial charge in [-0.05, 0) is 24.3 Å². The van der Waals surface area contributed by atoms with Gasteiger partial charge in [0.1, 0.15) is 11.6 Å². The van der Waals surface area contributed by atoms with Crippen LogP contribution in [0.15, 0.2) is 30.3 Å². The molecule has 0 unspecified atom stereocenters. The smallest absolute Gasteiger partial charge is 0.127 e. The molecule has 1 aliphatic heterocycles. The Bertz CT molecular complexity index is 649. The quantitative estimate of drug-likeness (QED) is 0.849. The summed E-state index contributed by atoms with van der Waals surface area (Å²) in [5, 5.41) is 11.1. The number of ether oxygens (including phenoxy) is 1. The second-order valence-electron chi connectivity index (χ2n) is 4.72. The summed E-state index contributed by atoms with van der Waals surface area (Å²) in [5.74, 6) is -0.443. The van der Waals surface area contributed by atoms with Crippen molar-refractivity contribution >= 4 is 23.2 Å². The molecule has 1 heterocycles. The molecule has 0 bridgehead atoms. The van der Waals surface area contributed by atoms with E-state index < -0.39 is 5.82 Å². The van der Waals surface area contributed by atoms with E-state index in [1.807, 2.05) is 0 Å². The molecule has 0 aromatic heterocycles. The SMILES string of the molecule is Oc1c(C[C@H]2CO2)cc(F)cc1-c1c(Cl)cccc1Cl. The fourth-order valence-electron chi connectivity index (χ4n) is 2.19. The largest absolute Gasteiger partial charge is 0.507 e. The molecule has 2 aromatic carbocycles. The number of aromatic hydroxyl groups is 1. The summed E-state index contributed by atoms with van der Waals surface area (Å²) in [4.78, 5) is 0. The third-order valence-corrected chi connectivity index (χ3v) is 3.87. The molecule has 104 valence electrons. The van der Waals surface area contributed by atoms with Gasteiger partial charge in [0.05, 0.1) is 22.8 Å². The van der Waals surface area contributed by atoms with Crippen LogP contribution in [-0.2, 0) is 11.2 Å². The van der Waals surface area contributed by atoms with Crippen molar-refractivity contribution < 1.29 is 14.2 Å². The third-order valence-electron chi connectivity index (χ3n) is 3.24. The lowest BCUT2D eigenvalue weighted by Crippen LogP contribution is -1.97. The van der Waals surface area contributed by atoms with Gasteiger partial charge < -0.3 is 9.84 Å². The topological polar surface area (TPSA) is 32.8 Å². The number of phenols is 1. The molecular formula is C15H11Cl2FO2. The third kappa shape index (κ3) is 2.62. The van der Waals surface area contributed by atoms with Crippen molar-refractivity contribution in [2.24, 2.45) is 0 Å². The van der Waals surface area contributed by atoms with E-state index >= 15 is 0 Å². The Morgan fingerprint density at radius 2 is 1.90 bits per heavy atom. The summed E-state index contributed by atoms with van der Waals surface area (Å²) in [5.41, 5.74) is 1.24. The second-order valence-corrected chi connectivity index (χ2v) is 5.53. The number of benzene rings is 2. The molecule has 2 aromatic rings. The molecule has 0 spiro atoms. The molecule has 1 saturated heterocycles. The fourth-order valence-corrected chi connectivity index (χ4v) is 2.79. The van der Waals surface area contributed by atoms with Gasteiger partial charge >= 0.3 is 0 Å². The molecule has 0 radical (unpaired) electrons. The molecule has 20 heavy (non-hydrogen) atoms. The Kier molecular flexibility index (Phi) is 3.59. The summed E-state index contributed by atoms with van der Waals surface area (Å²) in [6.45, 7) is 0.637. The van der Waals surface area contributed by atoms with E-state index in [0.717, 1.165) is 0 Å². The van der Waals surface area contributed by atoms with Gasteiger partial charge in [0.2, 0.25) is 0 Å². The molecule has 1 fully saturated rings. The predicted octanol–water partition coefficient (Wildman–Crippen LogP) is 4.45. The minimum absolute atomic E-state index is 0.00287. The predicted molar refractivity (Wildman–Crippen MR) is 77.0 cm³/mol. The zero-order valence-electron chi connectivity index (χ0n) is 10.4. The first-order chi connectivity index (χ1) is 9.56. The first-order valence-corrected chi connectivity index (χ1v) is 6.89. The van der Waals surface area contributed by atoms with E-state index in [4.69, 9.17) is 27.9 Å². The fraction of sp³-hybridized carbons (Fsp3) is 0.200. The van der Waals surface area contributed by atoms with Gasteiger partial charge in [0.25, 0.3) is 0 Å². The number of hydrogen-bond donors (Lipinski definition) is 1. The van der Waals surface area contributed by atoms with Gasteiger partial charge in [0.15, 0.2) is 0 Å². The van der Waals surface area contributed by atoms with Crippen LogP contribution in [0.3, 0.4) is 0 Å². The minimum atomic E-state index is -0.440. The molecule has 2 nitrogen and oxygen atoms in total. The first kappa shape index (κ1) is 13.7. The van der Waals surface area contributed by atoms with Crippen LogP contribution in [0.4, 0.5) is 4.39 Å². The van der Waals surface area contributed by atoms with Crippen LogP contribution in [0, 0.1) is 5.82 Å². The van der Waals surface area contributed by atoms with Gasteiger partial charge in [-0.3, -0.25) is 0 Å². The first-order valence-electron chi connectivity index (χ1n) is 6.13. The minimum Gasteiger partial charge on any atom is -0.507 e. The maximum atomic E-state index is 13.8. The summed E-state index contributed by atoms with van der Waals surface area (Å²) in [6, 6.07) is 7.54. The lowest BCUT2D eigenvalue weighted by molar-refractivity contribution is 0.401. The Morgan fingerprint density at radius 1 is 1.25 bits per heavy atom. The Morgan fingerprint density at radius 3 is 2.50 bits per heavy atom. The Hall–Kier alpha value is -1.29. The molecule has 0 amide bonds. The molecule has 0 saturated carbocycles. The van der Waals surface area contributed by atoms with E-state index in [2.05, 4.69) is 0 Å². The van der Waals surface area contributed by atoms with Gasteiger partial charge in [-0.15, -0.1) is 0 Å². The van der Waals surface area contributed by atoms with Gasteiger partial charge in [-0.2, -0.15) is 0 Å². The van der Waals surface area contributed by atoms with Crippen molar-refractivity contribution in [2.45, 2.75) is 12.5 Å². The summed E-state index contributed by atoms with van der Waals surface area (Å²) in [7, 11) is 0. The number of hydrogen-bond acceptors (Lipinski definition) is 2. The average molecular weight is 313 g/mol. The van der Waals surface area contributed by atoms with E-state index in [1.54, 1.807) is 18.2 Å². The molecule has 1 aliphatic rings. The van der Waals surface area contributed by atoms with Crippen LogP contribution in [0.5, 0.6) is 5.75 Å². The van der Waals surface area contributed by atoms with Crippen molar-refractivity contribution in [2.75, 3.05) is 6.61 Å².